The molecule has 0 nitrogen and oxygen atoms in total. The Kier molecular flexibility index (Phi) is 3.70. The molecule has 0 amide bonds. The second kappa shape index (κ2) is 5.24. The standard InChI is InChI=1S/C13H10ClS/c14-12-7-4-8-13(9-12)15-10-11-5-2-1-3-6-11/h1-6,8-9H,10H2. The maximum absolute atomic E-state index is 5.86. The van der Waals surface area contributed by atoms with Gasteiger partial charge in [-0.25, -0.2) is 0 Å². The fraction of sp³-hybridized carbons (Fsp3) is 0.0769. The predicted octanol–water partition coefficient (Wildman–Crippen LogP) is 4.43. The van der Waals surface area contributed by atoms with E-state index in [0.29, 0.717) is 5.02 Å². The van der Waals surface area contributed by atoms with Crippen LogP contribution in [0.3, 0.4) is 0 Å². The van der Waals surface area contributed by atoms with Gasteiger partial charge in [0.1, 0.15) is 0 Å². The molecule has 0 fully saturated rings. The van der Waals surface area contributed by atoms with Crippen molar-refractivity contribution in [3.8, 4) is 0 Å². The predicted molar refractivity (Wildman–Crippen MR) is 66.3 cm³/mol. The molecule has 0 atom stereocenters. The molecule has 0 aliphatic carbocycles. The van der Waals surface area contributed by atoms with Crippen molar-refractivity contribution in [1.82, 2.24) is 0 Å². The highest BCUT2D eigenvalue weighted by molar-refractivity contribution is 7.98. The van der Waals surface area contributed by atoms with E-state index in [2.05, 4.69) is 30.3 Å². The van der Waals surface area contributed by atoms with E-state index in [1.807, 2.05) is 24.3 Å². The van der Waals surface area contributed by atoms with Crippen molar-refractivity contribution in [2.24, 2.45) is 0 Å². The second-order valence-corrected chi connectivity index (χ2v) is 4.60. The van der Waals surface area contributed by atoms with Gasteiger partial charge in [0.15, 0.2) is 0 Å². The molecule has 2 aromatic carbocycles. The summed E-state index contributed by atoms with van der Waals surface area (Å²) in [6, 6.07) is 19.1. The zero-order valence-electron chi connectivity index (χ0n) is 8.11. The molecule has 0 aliphatic heterocycles. The normalized spacial score (nSPS) is 10.2. The zero-order valence-corrected chi connectivity index (χ0v) is 9.68. The topological polar surface area (TPSA) is 0 Å². The van der Waals surface area contributed by atoms with Gasteiger partial charge in [-0.2, -0.15) is 0 Å². The molecule has 2 aromatic rings. The molecule has 0 bridgehead atoms. The van der Waals surface area contributed by atoms with Crippen LogP contribution in [0.4, 0.5) is 0 Å². The summed E-state index contributed by atoms with van der Waals surface area (Å²) in [6.45, 7) is 0. The van der Waals surface area contributed by atoms with Gasteiger partial charge in [-0.1, -0.05) is 48.0 Å². The van der Waals surface area contributed by atoms with Crippen LogP contribution < -0.4 is 0 Å². The smallest absolute Gasteiger partial charge is 0.0496 e. The Morgan fingerprint density at radius 1 is 1.13 bits per heavy atom. The average molecular weight is 234 g/mol. The summed E-state index contributed by atoms with van der Waals surface area (Å²) in [5.74, 6) is 0.973. The van der Waals surface area contributed by atoms with E-state index in [-0.39, 0.29) is 0 Å². The molecule has 15 heavy (non-hydrogen) atoms. The van der Waals surface area contributed by atoms with Crippen molar-refractivity contribution in [2.75, 3.05) is 0 Å². The van der Waals surface area contributed by atoms with Crippen LogP contribution in [0.15, 0.2) is 53.4 Å². The Hall–Kier alpha value is -0.920. The largest absolute Gasteiger partial charge is 0.121 e. The van der Waals surface area contributed by atoms with E-state index >= 15 is 0 Å². The monoisotopic (exact) mass is 233 g/mol. The summed E-state index contributed by atoms with van der Waals surface area (Å²) >= 11 is 7.64. The Morgan fingerprint density at radius 3 is 2.67 bits per heavy atom. The molecule has 0 N–H and O–H groups in total. The van der Waals surface area contributed by atoms with E-state index in [4.69, 9.17) is 11.6 Å². The van der Waals surface area contributed by atoms with E-state index in [9.17, 15) is 0 Å². The SMILES string of the molecule is Clc1[c]ccc(SCc2ccccc2)c1. The summed E-state index contributed by atoms with van der Waals surface area (Å²) in [7, 11) is 0. The second-order valence-electron chi connectivity index (χ2n) is 3.15. The molecule has 0 aromatic heterocycles. The highest BCUT2D eigenvalue weighted by Gasteiger charge is 1.96. The molecule has 1 radical (unpaired) electrons. The van der Waals surface area contributed by atoms with Gasteiger partial charge in [0.2, 0.25) is 0 Å². The third-order valence-electron chi connectivity index (χ3n) is 1.99. The van der Waals surface area contributed by atoms with E-state index in [1.165, 1.54) is 10.5 Å². The molecule has 0 saturated carbocycles. The van der Waals surface area contributed by atoms with Crippen LogP contribution in [0.2, 0.25) is 5.02 Å². The van der Waals surface area contributed by atoms with Crippen LogP contribution in [0.25, 0.3) is 0 Å². The Bertz CT molecular complexity index is 426. The molecule has 0 saturated heterocycles. The fourth-order valence-corrected chi connectivity index (χ4v) is 2.39. The lowest BCUT2D eigenvalue weighted by molar-refractivity contribution is 1.38. The Balaban J connectivity index is 1.99. The van der Waals surface area contributed by atoms with Crippen molar-refractivity contribution >= 4 is 23.4 Å². The number of thioether (sulfide) groups is 1. The lowest BCUT2D eigenvalue weighted by atomic mass is 10.2. The van der Waals surface area contributed by atoms with Gasteiger partial charge < -0.3 is 0 Å². The Labute approximate surface area is 99.3 Å². The van der Waals surface area contributed by atoms with Crippen LogP contribution >= 0.6 is 23.4 Å². The molecule has 2 rings (SSSR count). The molecule has 0 heterocycles. The van der Waals surface area contributed by atoms with Crippen LogP contribution in [-0.4, -0.2) is 0 Å². The van der Waals surface area contributed by atoms with E-state index < -0.39 is 0 Å². The molecular formula is C13H10ClS. The van der Waals surface area contributed by atoms with Gasteiger partial charge in [-0.15, -0.1) is 11.8 Å². The first kappa shape index (κ1) is 10.6. The highest BCUT2D eigenvalue weighted by atomic mass is 35.5. The quantitative estimate of drug-likeness (QED) is 0.707. The Morgan fingerprint density at radius 2 is 1.93 bits per heavy atom. The lowest BCUT2D eigenvalue weighted by Gasteiger charge is -2.01. The third kappa shape index (κ3) is 3.29. The lowest BCUT2D eigenvalue weighted by Crippen LogP contribution is -1.79. The highest BCUT2D eigenvalue weighted by Crippen LogP contribution is 2.24. The van der Waals surface area contributed by atoms with E-state index in [1.54, 1.807) is 11.8 Å². The van der Waals surface area contributed by atoms with Gasteiger partial charge in [0.25, 0.3) is 0 Å². The number of halogens is 1. The zero-order chi connectivity index (χ0) is 10.5. The number of rotatable bonds is 3. The number of hydrogen-bond acceptors (Lipinski definition) is 1. The van der Waals surface area contributed by atoms with Gasteiger partial charge in [0.05, 0.1) is 0 Å². The minimum atomic E-state index is 0.674. The van der Waals surface area contributed by atoms with Crippen LogP contribution in [0, 0.1) is 6.07 Å². The van der Waals surface area contributed by atoms with Gasteiger partial charge in [0, 0.05) is 21.7 Å². The van der Waals surface area contributed by atoms with Gasteiger partial charge in [-0.05, 0) is 17.7 Å². The minimum Gasteiger partial charge on any atom is -0.121 e. The van der Waals surface area contributed by atoms with E-state index in [0.717, 1.165) is 5.75 Å². The maximum atomic E-state index is 5.86. The van der Waals surface area contributed by atoms with Crippen LogP contribution in [-0.2, 0) is 5.75 Å². The molecule has 0 spiro atoms. The van der Waals surface area contributed by atoms with Crippen molar-refractivity contribution in [1.29, 1.82) is 0 Å². The average Bonchev–Trinajstić information content (AvgIpc) is 2.28. The molecule has 0 unspecified atom stereocenters. The summed E-state index contributed by atoms with van der Waals surface area (Å²) < 4.78 is 0. The van der Waals surface area contributed by atoms with Crippen LogP contribution in [0.5, 0.6) is 0 Å². The van der Waals surface area contributed by atoms with Crippen molar-refractivity contribution in [3.05, 3.63) is 65.2 Å². The van der Waals surface area contributed by atoms with Crippen molar-refractivity contribution < 1.29 is 0 Å². The minimum absolute atomic E-state index is 0.674. The summed E-state index contributed by atoms with van der Waals surface area (Å²) in [5, 5.41) is 0.674. The number of benzene rings is 2. The third-order valence-corrected chi connectivity index (χ3v) is 3.27. The van der Waals surface area contributed by atoms with Crippen LogP contribution in [0.1, 0.15) is 5.56 Å². The van der Waals surface area contributed by atoms with Gasteiger partial charge >= 0.3 is 0 Å². The molecule has 2 heteroatoms. The van der Waals surface area contributed by atoms with Crippen molar-refractivity contribution in [3.63, 3.8) is 0 Å². The molecular weight excluding hydrogens is 224 g/mol. The summed E-state index contributed by atoms with van der Waals surface area (Å²) in [4.78, 5) is 1.18. The summed E-state index contributed by atoms with van der Waals surface area (Å²) in [5.41, 5.74) is 1.33. The molecule has 0 aliphatic rings. The fourth-order valence-electron chi connectivity index (χ4n) is 1.25. The maximum Gasteiger partial charge on any atom is 0.0496 e. The first-order valence-electron chi connectivity index (χ1n) is 4.68. The molecule has 75 valence electrons. The first-order chi connectivity index (χ1) is 7.34. The number of hydrogen-bond donors (Lipinski definition) is 0. The van der Waals surface area contributed by atoms with Crippen molar-refractivity contribution in [2.45, 2.75) is 10.6 Å². The first-order valence-corrected chi connectivity index (χ1v) is 6.05. The van der Waals surface area contributed by atoms with Gasteiger partial charge in [-0.3, -0.25) is 0 Å². The summed E-state index contributed by atoms with van der Waals surface area (Å²) in [6.07, 6.45) is 0.